The Bertz CT molecular complexity index is 1440. The first kappa shape index (κ1) is 27.9. The van der Waals surface area contributed by atoms with Gasteiger partial charge in [0.1, 0.15) is 0 Å². The monoisotopic (exact) mass is 551 g/mol. The first-order valence-corrected chi connectivity index (χ1v) is 14.1. The number of hydrogen-bond donors (Lipinski definition) is 1. The van der Waals surface area contributed by atoms with Gasteiger partial charge in [-0.25, -0.2) is 9.78 Å². The van der Waals surface area contributed by atoms with Gasteiger partial charge < -0.3 is 9.64 Å². The van der Waals surface area contributed by atoms with Crippen molar-refractivity contribution in [3.05, 3.63) is 96.5 Å². The van der Waals surface area contributed by atoms with Crippen molar-refractivity contribution in [2.75, 3.05) is 6.61 Å². The van der Waals surface area contributed by atoms with E-state index in [4.69, 9.17) is 4.74 Å². The van der Waals surface area contributed by atoms with Crippen LogP contribution in [0.3, 0.4) is 0 Å². The molecule has 210 valence electrons. The number of hydrogen-bond acceptors (Lipinski definition) is 6. The number of pyridine rings is 1. The van der Waals surface area contributed by atoms with Crippen LogP contribution >= 0.6 is 0 Å². The number of aromatic amines is 2. The van der Waals surface area contributed by atoms with E-state index < -0.39 is 0 Å². The Balaban J connectivity index is 0.000000500. The molecule has 0 radical (unpaired) electrons. The molecule has 1 saturated carbocycles. The number of esters is 1. The zero-order valence-corrected chi connectivity index (χ0v) is 23.3. The van der Waals surface area contributed by atoms with Crippen LogP contribution in [0.2, 0.25) is 0 Å². The number of carbonyl (C=O) groups is 2. The molecule has 9 heteroatoms. The topological polar surface area (TPSA) is 115 Å². The molecule has 2 fully saturated rings. The molecule has 2 aromatic heterocycles. The van der Waals surface area contributed by atoms with Crippen molar-refractivity contribution in [3.63, 3.8) is 0 Å². The van der Waals surface area contributed by atoms with E-state index in [1.807, 2.05) is 79.1 Å². The van der Waals surface area contributed by atoms with Crippen LogP contribution in [0.4, 0.5) is 0 Å². The Kier molecular flexibility index (Phi) is 8.93. The van der Waals surface area contributed by atoms with Crippen molar-refractivity contribution >= 4 is 11.9 Å². The number of benzene rings is 2. The van der Waals surface area contributed by atoms with Gasteiger partial charge in [-0.2, -0.15) is 5.21 Å². The van der Waals surface area contributed by atoms with E-state index in [1.165, 1.54) is 6.08 Å². The Morgan fingerprint density at radius 2 is 1.73 bits per heavy atom. The molecule has 2 aliphatic rings. The highest BCUT2D eigenvalue weighted by Crippen LogP contribution is 2.49. The predicted molar refractivity (Wildman–Crippen MR) is 153 cm³/mol. The lowest BCUT2D eigenvalue weighted by molar-refractivity contribution is -0.377. The molecular weight excluding hydrogens is 516 g/mol. The van der Waals surface area contributed by atoms with E-state index in [0.29, 0.717) is 25.4 Å². The molecule has 1 amide bonds. The minimum Gasteiger partial charge on any atom is -0.463 e. The molecule has 1 aliphatic carbocycles. The van der Waals surface area contributed by atoms with Crippen molar-refractivity contribution in [2.24, 2.45) is 5.41 Å². The van der Waals surface area contributed by atoms with Crippen molar-refractivity contribution < 1.29 is 19.3 Å². The first-order valence-electron chi connectivity index (χ1n) is 14.1. The van der Waals surface area contributed by atoms with Crippen molar-refractivity contribution in [3.8, 4) is 22.5 Å². The third-order valence-electron chi connectivity index (χ3n) is 7.69. The second-order valence-electron chi connectivity index (χ2n) is 10.5. The van der Waals surface area contributed by atoms with Crippen LogP contribution in [0.25, 0.3) is 22.5 Å². The average molecular weight is 552 g/mol. The van der Waals surface area contributed by atoms with E-state index in [9.17, 15) is 9.59 Å². The number of carbonyl (C=O) groups excluding carboxylic acids is 2. The van der Waals surface area contributed by atoms with Crippen LogP contribution in [0.1, 0.15) is 51.0 Å². The van der Waals surface area contributed by atoms with E-state index in [0.717, 1.165) is 60.1 Å². The largest absolute Gasteiger partial charge is 0.463 e. The minimum atomic E-state index is -0.385. The van der Waals surface area contributed by atoms with E-state index in [1.54, 1.807) is 11.8 Å². The summed E-state index contributed by atoms with van der Waals surface area (Å²) in [6.45, 7) is 2.53. The number of nitrogens with zero attached hydrogens (tertiary/aromatic N) is 4. The maximum Gasteiger partial charge on any atom is 0.332 e. The van der Waals surface area contributed by atoms with Gasteiger partial charge >= 0.3 is 5.97 Å². The number of amides is 1. The number of ether oxygens (including phenoxy) is 1. The molecule has 1 spiro atoms. The Labute approximate surface area is 239 Å². The Hall–Kier alpha value is -4.66. The van der Waals surface area contributed by atoms with Crippen LogP contribution in [0.15, 0.2) is 90.9 Å². The van der Waals surface area contributed by atoms with Crippen LogP contribution in [0.5, 0.6) is 0 Å². The molecule has 0 bridgehead atoms. The van der Waals surface area contributed by atoms with Gasteiger partial charge in [0, 0.05) is 35.9 Å². The lowest BCUT2D eigenvalue weighted by atomic mass is 9.75. The van der Waals surface area contributed by atoms with E-state index >= 15 is 0 Å². The molecule has 4 aromatic rings. The molecular formula is C32H35N6O3+. The molecule has 2 aromatic carbocycles. The summed E-state index contributed by atoms with van der Waals surface area (Å²) in [5, 5.41) is 14.4. The highest BCUT2D eigenvalue weighted by Gasteiger charge is 2.43. The van der Waals surface area contributed by atoms with E-state index in [2.05, 4.69) is 25.6 Å². The molecule has 6 rings (SSSR count). The standard InChI is InChI=1S/C27H29N5O3.C5H5N/c1-2-35-25(34)15-21-16-27(13-5-6-14-27)17-24(33)32(21)18-19-9-11-20(12-10-19)22-7-3-4-8-23(22)26-28-30-31-29-26;1-2-4-6-5-3-1/h3-4,7-12,15H,2,5-6,13-14,16-18H2,1H3,(H,28,29,30,31);1-5H/p+1/b21-15+;. The predicted octanol–water partition coefficient (Wildman–Crippen LogP) is 5.16. The number of tetrazole rings is 1. The lowest BCUT2D eigenvalue weighted by Crippen LogP contribution is -2.41. The first-order chi connectivity index (χ1) is 20.1. The summed E-state index contributed by atoms with van der Waals surface area (Å²) >= 11 is 0. The van der Waals surface area contributed by atoms with Gasteiger partial charge in [-0.1, -0.05) is 67.4 Å². The van der Waals surface area contributed by atoms with Gasteiger partial charge in [0.2, 0.25) is 11.7 Å². The lowest BCUT2D eigenvalue weighted by Gasteiger charge is -2.40. The SMILES string of the molecule is CCOC(=O)/C=C1\CC2(CCCC2)CC(=O)N1Cc1ccc(-c2ccccc2-c2nn[nH]n2)cc1.c1cc[nH+]cc1. The van der Waals surface area contributed by atoms with Gasteiger partial charge in [0.25, 0.3) is 0 Å². The summed E-state index contributed by atoms with van der Waals surface area (Å²) in [5.41, 5.74) is 4.67. The summed E-state index contributed by atoms with van der Waals surface area (Å²) in [6, 6.07) is 21.9. The quantitative estimate of drug-likeness (QED) is 0.261. The smallest absolute Gasteiger partial charge is 0.332 e. The van der Waals surface area contributed by atoms with Gasteiger partial charge in [-0.3, -0.25) is 4.79 Å². The molecule has 41 heavy (non-hydrogen) atoms. The fraction of sp³-hybridized carbons (Fsp3) is 0.312. The average Bonchev–Trinajstić information content (AvgIpc) is 3.70. The molecule has 1 aliphatic heterocycles. The number of aromatic nitrogens is 5. The second-order valence-corrected chi connectivity index (χ2v) is 10.5. The highest BCUT2D eigenvalue weighted by atomic mass is 16.5. The van der Waals surface area contributed by atoms with Crippen LogP contribution in [-0.4, -0.2) is 44.0 Å². The zero-order valence-electron chi connectivity index (χ0n) is 23.3. The van der Waals surface area contributed by atoms with Crippen LogP contribution < -0.4 is 4.98 Å². The fourth-order valence-electron chi connectivity index (χ4n) is 5.76. The molecule has 0 unspecified atom stereocenters. The number of likely N-dealkylation sites (tertiary alicyclic amines) is 1. The third-order valence-corrected chi connectivity index (χ3v) is 7.69. The fourth-order valence-corrected chi connectivity index (χ4v) is 5.76. The number of nitrogens with one attached hydrogen (secondary N) is 2. The van der Waals surface area contributed by atoms with Gasteiger partial charge in [-0.05, 0) is 53.5 Å². The van der Waals surface area contributed by atoms with Gasteiger partial charge in [0.05, 0.1) is 13.2 Å². The summed E-state index contributed by atoms with van der Waals surface area (Å²) < 4.78 is 5.17. The minimum absolute atomic E-state index is 0.00532. The molecule has 0 atom stereocenters. The summed E-state index contributed by atoms with van der Waals surface area (Å²) in [7, 11) is 0. The Morgan fingerprint density at radius 3 is 2.34 bits per heavy atom. The summed E-state index contributed by atoms with van der Waals surface area (Å²) in [6.07, 6.45) is 10.9. The normalized spacial score (nSPS) is 16.9. The number of piperidine rings is 1. The Morgan fingerprint density at radius 1 is 1.00 bits per heavy atom. The van der Waals surface area contributed by atoms with Crippen molar-refractivity contribution in [2.45, 2.75) is 52.0 Å². The maximum absolute atomic E-state index is 13.3. The van der Waals surface area contributed by atoms with E-state index in [-0.39, 0.29) is 17.3 Å². The van der Waals surface area contributed by atoms with Crippen molar-refractivity contribution in [1.82, 2.24) is 25.5 Å². The molecule has 9 nitrogen and oxygen atoms in total. The molecule has 2 N–H and O–H groups in total. The number of H-pyrrole nitrogens is 2. The maximum atomic E-state index is 13.3. The number of allylic oxidation sites excluding steroid dienone is 1. The molecule has 1 saturated heterocycles. The zero-order chi connectivity index (χ0) is 28.5. The van der Waals surface area contributed by atoms with Crippen LogP contribution in [-0.2, 0) is 20.9 Å². The summed E-state index contributed by atoms with van der Waals surface area (Å²) in [4.78, 5) is 30.2. The third kappa shape index (κ3) is 6.92. The summed E-state index contributed by atoms with van der Waals surface area (Å²) in [5.74, 6) is 0.238. The van der Waals surface area contributed by atoms with Gasteiger partial charge in [-0.15, -0.1) is 10.2 Å². The van der Waals surface area contributed by atoms with Crippen molar-refractivity contribution in [1.29, 1.82) is 0 Å². The van der Waals surface area contributed by atoms with Gasteiger partial charge in [0.15, 0.2) is 12.4 Å². The second kappa shape index (κ2) is 13.1. The van der Waals surface area contributed by atoms with Crippen LogP contribution in [0, 0.1) is 5.41 Å². The number of rotatable bonds is 6. The molecule has 3 heterocycles. The highest BCUT2D eigenvalue weighted by molar-refractivity contribution is 5.86.